The molecule has 2 heterocycles. The Morgan fingerprint density at radius 3 is 2.78 bits per heavy atom. The van der Waals surface area contributed by atoms with Gasteiger partial charge in [-0.3, -0.25) is 4.79 Å². The SMILES string of the molecule is O=C(NCC(c1ccccc1)C1CCNCC1)c1cc(F)cc2[nH]cnc12. The predicted octanol–water partition coefficient (Wildman–Crippen LogP) is 3.22. The Hall–Kier alpha value is -2.73. The summed E-state index contributed by atoms with van der Waals surface area (Å²) in [5.74, 6) is 0.00340. The molecule has 2 aromatic carbocycles. The normalized spacial score (nSPS) is 16.3. The molecule has 5 nitrogen and oxygen atoms in total. The number of benzene rings is 2. The number of halogens is 1. The van der Waals surface area contributed by atoms with Crippen LogP contribution in [0.5, 0.6) is 0 Å². The van der Waals surface area contributed by atoms with E-state index in [0.29, 0.717) is 23.5 Å². The second-order valence-electron chi connectivity index (χ2n) is 7.07. The third-order valence-electron chi connectivity index (χ3n) is 5.40. The van der Waals surface area contributed by atoms with Crippen LogP contribution in [0.4, 0.5) is 4.39 Å². The molecule has 1 atom stereocenters. The van der Waals surface area contributed by atoms with E-state index in [2.05, 4.69) is 32.7 Å². The van der Waals surface area contributed by atoms with Gasteiger partial charge in [0.2, 0.25) is 0 Å². The van der Waals surface area contributed by atoms with Crippen molar-refractivity contribution < 1.29 is 9.18 Å². The highest BCUT2D eigenvalue weighted by molar-refractivity contribution is 6.04. The molecule has 1 amide bonds. The zero-order valence-corrected chi connectivity index (χ0v) is 15.0. The third kappa shape index (κ3) is 3.85. The molecule has 0 radical (unpaired) electrons. The van der Waals surface area contributed by atoms with E-state index in [4.69, 9.17) is 0 Å². The van der Waals surface area contributed by atoms with Gasteiger partial charge in [0.1, 0.15) is 11.3 Å². The van der Waals surface area contributed by atoms with Gasteiger partial charge in [0.15, 0.2) is 0 Å². The smallest absolute Gasteiger partial charge is 0.253 e. The van der Waals surface area contributed by atoms with E-state index in [0.717, 1.165) is 25.9 Å². The lowest BCUT2D eigenvalue weighted by Crippen LogP contribution is -2.36. The number of hydrogen-bond acceptors (Lipinski definition) is 3. The predicted molar refractivity (Wildman–Crippen MR) is 103 cm³/mol. The number of imidazole rings is 1. The van der Waals surface area contributed by atoms with Crippen molar-refractivity contribution in [3.05, 3.63) is 65.7 Å². The van der Waals surface area contributed by atoms with Gasteiger partial charge in [-0.15, -0.1) is 0 Å². The Kier molecular flexibility index (Phi) is 5.16. The summed E-state index contributed by atoms with van der Waals surface area (Å²) in [4.78, 5) is 19.8. The van der Waals surface area contributed by atoms with Crippen LogP contribution in [0.1, 0.15) is 34.7 Å². The highest BCUT2D eigenvalue weighted by Crippen LogP contribution is 2.30. The zero-order valence-electron chi connectivity index (χ0n) is 15.0. The zero-order chi connectivity index (χ0) is 18.6. The Labute approximate surface area is 157 Å². The van der Waals surface area contributed by atoms with Crippen molar-refractivity contribution in [1.82, 2.24) is 20.6 Å². The van der Waals surface area contributed by atoms with Gasteiger partial charge >= 0.3 is 0 Å². The molecular formula is C21H23FN4O. The summed E-state index contributed by atoms with van der Waals surface area (Å²) in [5, 5.41) is 6.42. The quantitative estimate of drug-likeness (QED) is 0.649. The maximum Gasteiger partial charge on any atom is 0.253 e. The van der Waals surface area contributed by atoms with E-state index in [1.54, 1.807) is 0 Å². The van der Waals surface area contributed by atoms with Gasteiger partial charge in [-0.05, 0) is 49.5 Å². The summed E-state index contributed by atoms with van der Waals surface area (Å²) in [6.07, 6.45) is 3.64. The standard InChI is InChI=1S/C21H23FN4O/c22-16-10-17(20-19(11-16)25-13-26-20)21(27)24-12-18(14-4-2-1-3-5-14)15-6-8-23-9-7-15/h1-5,10-11,13,15,18,23H,6-9,12H2,(H,24,27)(H,25,26). The first-order chi connectivity index (χ1) is 13.2. The van der Waals surface area contributed by atoms with Crippen LogP contribution >= 0.6 is 0 Å². The Morgan fingerprint density at radius 1 is 1.22 bits per heavy atom. The summed E-state index contributed by atoms with van der Waals surface area (Å²) in [6, 6.07) is 12.9. The number of aromatic nitrogens is 2. The van der Waals surface area contributed by atoms with Crippen molar-refractivity contribution in [3.8, 4) is 0 Å². The molecule has 1 fully saturated rings. The minimum atomic E-state index is -0.449. The van der Waals surface area contributed by atoms with Crippen LogP contribution < -0.4 is 10.6 Å². The fourth-order valence-corrected chi connectivity index (χ4v) is 3.99. The van der Waals surface area contributed by atoms with Crippen LogP contribution in [-0.4, -0.2) is 35.5 Å². The lowest BCUT2D eigenvalue weighted by Gasteiger charge is -2.31. The van der Waals surface area contributed by atoms with Crippen molar-refractivity contribution in [2.45, 2.75) is 18.8 Å². The molecule has 0 aliphatic carbocycles. The number of carbonyl (C=O) groups is 1. The van der Waals surface area contributed by atoms with Crippen molar-refractivity contribution in [2.75, 3.05) is 19.6 Å². The van der Waals surface area contributed by atoms with Crippen molar-refractivity contribution >= 4 is 16.9 Å². The topological polar surface area (TPSA) is 69.8 Å². The molecule has 3 N–H and O–H groups in total. The van der Waals surface area contributed by atoms with Crippen LogP contribution in [0.25, 0.3) is 11.0 Å². The Bertz CT molecular complexity index is 918. The molecule has 0 saturated carbocycles. The summed E-state index contributed by atoms with van der Waals surface area (Å²) in [7, 11) is 0. The van der Waals surface area contributed by atoms with Crippen LogP contribution in [0.15, 0.2) is 48.8 Å². The van der Waals surface area contributed by atoms with E-state index < -0.39 is 5.82 Å². The first kappa shape index (κ1) is 17.7. The maximum atomic E-state index is 13.9. The van der Waals surface area contributed by atoms with E-state index in [1.165, 1.54) is 24.0 Å². The number of aromatic amines is 1. The molecule has 1 saturated heterocycles. The average molecular weight is 366 g/mol. The minimum Gasteiger partial charge on any atom is -0.351 e. The average Bonchev–Trinajstić information content (AvgIpc) is 3.17. The fraction of sp³-hybridized carbons (Fsp3) is 0.333. The van der Waals surface area contributed by atoms with Gasteiger partial charge in [-0.1, -0.05) is 30.3 Å². The van der Waals surface area contributed by atoms with E-state index in [9.17, 15) is 9.18 Å². The number of piperidine rings is 1. The summed E-state index contributed by atoms with van der Waals surface area (Å²) in [5.41, 5.74) is 2.52. The molecular weight excluding hydrogens is 343 g/mol. The molecule has 3 aromatic rings. The summed E-state index contributed by atoms with van der Waals surface area (Å²) >= 11 is 0. The summed E-state index contributed by atoms with van der Waals surface area (Å²) < 4.78 is 13.9. The van der Waals surface area contributed by atoms with Gasteiger partial charge in [-0.2, -0.15) is 0 Å². The molecule has 0 spiro atoms. The second kappa shape index (κ2) is 7.88. The number of H-pyrrole nitrogens is 1. The molecule has 140 valence electrons. The molecule has 1 aliphatic rings. The fourth-order valence-electron chi connectivity index (χ4n) is 3.99. The Balaban J connectivity index is 1.54. The number of nitrogens with one attached hydrogen (secondary N) is 3. The molecule has 6 heteroatoms. The lowest BCUT2D eigenvalue weighted by molar-refractivity contribution is 0.0948. The first-order valence-electron chi connectivity index (χ1n) is 9.39. The maximum absolute atomic E-state index is 13.9. The van der Waals surface area contributed by atoms with Crippen LogP contribution in [0.3, 0.4) is 0 Å². The number of carbonyl (C=O) groups excluding carboxylic acids is 1. The second-order valence-corrected chi connectivity index (χ2v) is 7.07. The van der Waals surface area contributed by atoms with Gasteiger partial charge in [0, 0.05) is 12.5 Å². The first-order valence-corrected chi connectivity index (χ1v) is 9.39. The van der Waals surface area contributed by atoms with Crippen molar-refractivity contribution in [1.29, 1.82) is 0 Å². The lowest BCUT2D eigenvalue weighted by atomic mass is 9.80. The molecule has 0 bridgehead atoms. The largest absolute Gasteiger partial charge is 0.351 e. The number of hydrogen-bond donors (Lipinski definition) is 3. The van der Waals surface area contributed by atoms with Crippen molar-refractivity contribution in [2.24, 2.45) is 5.92 Å². The molecule has 4 rings (SSSR count). The minimum absolute atomic E-state index is 0.237. The number of amides is 1. The Morgan fingerprint density at radius 2 is 2.00 bits per heavy atom. The molecule has 1 unspecified atom stereocenters. The van der Waals surface area contributed by atoms with Crippen LogP contribution in [0.2, 0.25) is 0 Å². The highest BCUT2D eigenvalue weighted by Gasteiger charge is 2.26. The number of fused-ring (bicyclic) bond motifs is 1. The van der Waals surface area contributed by atoms with Gasteiger partial charge in [0.25, 0.3) is 5.91 Å². The van der Waals surface area contributed by atoms with E-state index in [-0.39, 0.29) is 17.4 Å². The highest BCUT2D eigenvalue weighted by atomic mass is 19.1. The van der Waals surface area contributed by atoms with Gasteiger partial charge in [-0.25, -0.2) is 9.37 Å². The number of rotatable bonds is 5. The van der Waals surface area contributed by atoms with Crippen LogP contribution in [-0.2, 0) is 0 Å². The van der Waals surface area contributed by atoms with Gasteiger partial charge in [0.05, 0.1) is 17.4 Å². The monoisotopic (exact) mass is 366 g/mol. The summed E-state index contributed by atoms with van der Waals surface area (Å²) in [6.45, 7) is 2.52. The molecule has 1 aromatic heterocycles. The van der Waals surface area contributed by atoms with Crippen molar-refractivity contribution in [3.63, 3.8) is 0 Å². The number of nitrogens with zero attached hydrogens (tertiary/aromatic N) is 1. The van der Waals surface area contributed by atoms with Crippen LogP contribution in [0, 0.1) is 11.7 Å². The third-order valence-corrected chi connectivity index (χ3v) is 5.40. The van der Waals surface area contributed by atoms with Gasteiger partial charge < -0.3 is 15.6 Å². The van der Waals surface area contributed by atoms with E-state index in [1.807, 2.05) is 18.2 Å². The van der Waals surface area contributed by atoms with E-state index >= 15 is 0 Å². The molecule has 27 heavy (non-hydrogen) atoms. The molecule has 1 aliphatic heterocycles.